The zero-order chi connectivity index (χ0) is 9.64. The highest BCUT2D eigenvalue weighted by molar-refractivity contribution is 4.75. The van der Waals surface area contributed by atoms with Crippen molar-refractivity contribution >= 4 is 0 Å². The van der Waals surface area contributed by atoms with Crippen LogP contribution in [0.1, 0.15) is 44.9 Å². The van der Waals surface area contributed by atoms with Gasteiger partial charge in [-0.25, -0.2) is 0 Å². The molecule has 0 bridgehead atoms. The van der Waals surface area contributed by atoms with Crippen LogP contribution in [0.25, 0.3) is 0 Å². The van der Waals surface area contributed by atoms with Crippen molar-refractivity contribution < 1.29 is 0 Å². The smallest absolute Gasteiger partial charge is 0.00670 e. The number of rotatable bonds is 4. The standard InChI is InChI=1S/C12H24N2/c1-2-4-12(3-1)14-10-7-11-5-8-13-9-6-11/h11-14H,1-10H2. The molecule has 1 heterocycles. The summed E-state index contributed by atoms with van der Waals surface area (Å²) < 4.78 is 0. The molecular weight excluding hydrogens is 172 g/mol. The van der Waals surface area contributed by atoms with Gasteiger partial charge in [-0.15, -0.1) is 0 Å². The molecule has 2 fully saturated rings. The van der Waals surface area contributed by atoms with Gasteiger partial charge in [0, 0.05) is 6.04 Å². The molecular formula is C12H24N2. The third-order valence-electron chi connectivity index (χ3n) is 3.80. The maximum atomic E-state index is 3.71. The second kappa shape index (κ2) is 5.72. The van der Waals surface area contributed by atoms with Crippen LogP contribution < -0.4 is 10.6 Å². The van der Waals surface area contributed by atoms with Gasteiger partial charge < -0.3 is 10.6 Å². The lowest BCUT2D eigenvalue weighted by Crippen LogP contribution is -2.32. The Kier molecular flexibility index (Phi) is 4.26. The molecule has 0 unspecified atom stereocenters. The molecule has 0 aromatic carbocycles. The third-order valence-corrected chi connectivity index (χ3v) is 3.80. The van der Waals surface area contributed by atoms with Crippen LogP contribution in [0.2, 0.25) is 0 Å². The summed E-state index contributed by atoms with van der Waals surface area (Å²) in [5.41, 5.74) is 0. The minimum absolute atomic E-state index is 0.858. The summed E-state index contributed by atoms with van der Waals surface area (Å²) in [5.74, 6) is 0.991. The molecule has 1 aliphatic heterocycles. The van der Waals surface area contributed by atoms with Gasteiger partial charge in [-0.05, 0) is 57.7 Å². The summed E-state index contributed by atoms with van der Waals surface area (Å²) >= 11 is 0. The van der Waals surface area contributed by atoms with E-state index in [1.165, 1.54) is 64.6 Å². The van der Waals surface area contributed by atoms with Gasteiger partial charge in [0.25, 0.3) is 0 Å². The van der Waals surface area contributed by atoms with Gasteiger partial charge in [0.2, 0.25) is 0 Å². The van der Waals surface area contributed by atoms with E-state index in [4.69, 9.17) is 0 Å². The second-order valence-corrected chi connectivity index (χ2v) is 4.92. The Morgan fingerprint density at radius 2 is 1.71 bits per heavy atom. The Morgan fingerprint density at radius 1 is 1.00 bits per heavy atom. The van der Waals surface area contributed by atoms with Crippen LogP contribution in [0, 0.1) is 5.92 Å². The molecule has 1 aliphatic carbocycles. The zero-order valence-electron chi connectivity index (χ0n) is 9.23. The van der Waals surface area contributed by atoms with Crippen LogP contribution in [-0.4, -0.2) is 25.7 Å². The van der Waals surface area contributed by atoms with Crippen molar-refractivity contribution in [3.8, 4) is 0 Å². The first-order valence-corrected chi connectivity index (χ1v) is 6.39. The fourth-order valence-electron chi connectivity index (χ4n) is 2.79. The van der Waals surface area contributed by atoms with Gasteiger partial charge in [0.15, 0.2) is 0 Å². The summed E-state index contributed by atoms with van der Waals surface area (Å²) in [7, 11) is 0. The highest BCUT2D eigenvalue weighted by atomic mass is 14.9. The average Bonchev–Trinajstić information content (AvgIpc) is 2.72. The summed E-state index contributed by atoms with van der Waals surface area (Å²) in [4.78, 5) is 0. The van der Waals surface area contributed by atoms with E-state index in [1.807, 2.05) is 0 Å². The van der Waals surface area contributed by atoms with Gasteiger partial charge in [-0.2, -0.15) is 0 Å². The molecule has 2 aliphatic rings. The normalized spacial score (nSPS) is 25.7. The van der Waals surface area contributed by atoms with Crippen molar-refractivity contribution in [1.29, 1.82) is 0 Å². The average molecular weight is 196 g/mol. The Bertz CT molecular complexity index is 146. The number of hydrogen-bond donors (Lipinski definition) is 2. The van der Waals surface area contributed by atoms with Gasteiger partial charge in [0.05, 0.1) is 0 Å². The molecule has 14 heavy (non-hydrogen) atoms. The predicted molar refractivity (Wildman–Crippen MR) is 60.5 cm³/mol. The molecule has 2 N–H and O–H groups in total. The number of hydrogen-bond acceptors (Lipinski definition) is 2. The quantitative estimate of drug-likeness (QED) is 0.717. The van der Waals surface area contributed by atoms with Gasteiger partial charge in [-0.1, -0.05) is 12.8 Å². The van der Waals surface area contributed by atoms with E-state index in [-0.39, 0.29) is 0 Å². The first-order chi connectivity index (χ1) is 6.95. The zero-order valence-corrected chi connectivity index (χ0v) is 9.23. The van der Waals surface area contributed by atoms with Gasteiger partial charge in [0.1, 0.15) is 0 Å². The van der Waals surface area contributed by atoms with Crippen molar-refractivity contribution in [3.05, 3.63) is 0 Å². The summed E-state index contributed by atoms with van der Waals surface area (Å²) in [6.07, 6.45) is 9.94. The molecule has 2 nitrogen and oxygen atoms in total. The monoisotopic (exact) mass is 196 g/mol. The first kappa shape index (κ1) is 10.4. The van der Waals surface area contributed by atoms with Crippen molar-refractivity contribution in [3.63, 3.8) is 0 Å². The summed E-state index contributed by atoms with van der Waals surface area (Å²) in [5, 5.41) is 7.13. The van der Waals surface area contributed by atoms with Crippen LogP contribution in [-0.2, 0) is 0 Å². The van der Waals surface area contributed by atoms with Gasteiger partial charge in [-0.3, -0.25) is 0 Å². The molecule has 2 rings (SSSR count). The van der Waals surface area contributed by atoms with Crippen LogP contribution in [0.5, 0.6) is 0 Å². The summed E-state index contributed by atoms with van der Waals surface area (Å²) in [6.45, 7) is 3.75. The highest BCUT2D eigenvalue weighted by Crippen LogP contribution is 2.19. The van der Waals surface area contributed by atoms with Crippen molar-refractivity contribution in [2.75, 3.05) is 19.6 Å². The third kappa shape index (κ3) is 3.25. The Balaban J connectivity index is 1.52. The van der Waals surface area contributed by atoms with Crippen LogP contribution >= 0.6 is 0 Å². The van der Waals surface area contributed by atoms with E-state index in [0.717, 1.165) is 12.0 Å². The lowest BCUT2D eigenvalue weighted by atomic mass is 9.94. The van der Waals surface area contributed by atoms with E-state index < -0.39 is 0 Å². The molecule has 0 aromatic rings. The predicted octanol–water partition coefficient (Wildman–Crippen LogP) is 1.91. The highest BCUT2D eigenvalue weighted by Gasteiger charge is 2.16. The van der Waals surface area contributed by atoms with Crippen molar-refractivity contribution in [1.82, 2.24) is 10.6 Å². The number of nitrogens with one attached hydrogen (secondary N) is 2. The molecule has 0 aromatic heterocycles. The SMILES string of the molecule is C1CCC(NCCC2CCNCC2)C1. The lowest BCUT2D eigenvalue weighted by Gasteiger charge is -2.23. The van der Waals surface area contributed by atoms with Crippen LogP contribution in [0.4, 0.5) is 0 Å². The largest absolute Gasteiger partial charge is 0.317 e. The Labute approximate surface area is 87.8 Å². The molecule has 1 saturated carbocycles. The van der Waals surface area contributed by atoms with Crippen LogP contribution in [0.15, 0.2) is 0 Å². The minimum Gasteiger partial charge on any atom is -0.317 e. The molecule has 2 heteroatoms. The minimum atomic E-state index is 0.858. The van der Waals surface area contributed by atoms with E-state index in [0.29, 0.717) is 0 Å². The maximum absolute atomic E-state index is 3.71. The molecule has 0 radical (unpaired) electrons. The fourth-order valence-corrected chi connectivity index (χ4v) is 2.79. The molecule has 82 valence electrons. The first-order valence-electron chi connectivity index (χ1n) is 6.39. The second-order valence-electron chi connectivity index (χ2n) is 4.92. The van der Waals surface area contributed by atoms with Crippen molar-refractivity contribution in [2.45, 2.75) is 51.0 Å². The molecule has 0 spiro atoms. The fraction of sp³-hybridized carbons (Fsp3) is 1.00. The van der Waals surface area contributed by atoms with E-state index >= 15 is 0 Å². The summed E-state index contributed by atoms with van der Waals surface area (Å²) in [6, 6.07) is 0.858. The lowest BCUT2D eigenvalue weighted by molar-refractivity contribution is 0.341. The molecule has 1 saturated heterocycles. The van der Waals surface area contributed by atoms with E-state index in [1.54, 1.807) is 0 Å². The van der Waals surface area contributed by atoms with E-state index in [9.17, 15) is 0 Å². The molecule has 0 atom stereocenters. The van der Waals surface area contributed by atoms with E-state index in [2.05, 4.69) is 10.6 Å². The van der Waals surface area contributed by atoms with Gasteiger partial charge >= 0.3 is 0 Å². The Morgan fingerprint density at radius 3 is 2.43 bits per heavy atom. The maximum Gasteiger partial charge on any atom is 0.00670 e. The Hall–Kier alpha value is -0.0800. The van der Waals surface area contributed by atoms with Crippen LogP contribution in [0.3, 0.4) is 0 Å². The van der Waals surface area contributed by atoms with Crippen molar-refractivity contribution in [2.24, 2.45) is 5.92 Å². The topological polar surface area (TPSA) is 24.1 Å². The number of piperidine rings is 1. The molecule has 0 amide bonds.